The number of nitrogens with zero attached hydrogens (tertiary/aromatic N) is 5. The molecule has 0 radical (unpaired) electrons. The highest BCUT2D eigenvalue weighted by atomic mass is 16.6. The van der Waals surface area contributed by atoms with E-state index in [2.05, 4.69) is 39.6 Å². The Morgan fingerprint density at radius 1 is 1.02 bits per heavy atom. The van der Waals surface area contributed by atoms with Gasteiger partial charge in [0.15, 0.2) is 17.0 Å². The summed E-state index contributed by atoms with van der Waals surface area (Å²) >= 11 is 0. The van der Waals surface area contributed by atoms with Crippen molar-refractivity contribution in [1.29, 1.82) is 0 Å². The van der Waals surface area contributed by atoms with Gasteiger partial charge in [-0.25, -0.2) is 14.7 Å². The number of hydrogen-bond acceptors (Lipinski definition) is 7. The molecule has 0 saturated heterocycles. The number of carboxylic acid groups (broad SMARTS) is 1. The summed E-state index contributed by atoms with van der Waals surface area (Å²) in [4.78, 5) is 40.4. The number of amides is 1. The fourth-order valence-electron chi connectivity index (χ4n) is 5.73. The van der Waals surface area contributed by atoms with Gasteiger partial charge in [-0.1, -0.05) is 56.4 Å². The minimum absolute atomic E-state index is 0.144. The lowest BCUT2D eigenvalue weighted by molar-refractivity contribution is -0.137. The van der Waals surface area contributed by atoms with Crippen molar-refractivity contribution < 1.29 is 19.4 Å². The molecule has 10 nitrogen and oxygen atoms in total. The van der Waals surface area contributed by atoms with Crippen LogP contribution in [0.2, 0.25) is 0 Å². The number of ether oxygens (including phenoxy) is 1. The maximum atomic E-state index is 13.6. The predicted octanol–water partition coefficient (Wildman–Crippen LogP) is 6.25. The van der Waals surface area contributed by atoms with E-state index in [4.69, 9.17) is 9.72 Å². The zero-order valence-electron chi connectivity index (χ0n) is 23.7. The number of fused-ring (bicyclic) bond motifs is 1. The van der Waals surface area contributed by atoms with Crippen molar-refractivity contribution in [2.75, 3.05) is 10.2 Å². The van der Waals surface area contributed by atoms with Crippen LogP contribution in [0.15, 0.2) is 30.6 Å². The van der Waals surface area contributed by atoms with Crippen LogP contribution in [-0.2, 0) is 22.6 Å². The number of carbonyl (C=O) groups is 2. The first-order valence-electron chi connectivity index (χ1n) is 14.5. The average Bonchev–Trinajstić information content (AvgIpc) is 3.57. The molecule has 3 aromatic rings. The molecule has 2 aliphatic rings. The van der Waals surface area contributed by atoms with Crippen LogP contribution in [0.1, 0.15) is 95.6 Å². The minimum atomic E-state index is -1.01. The molecule has 1 aromatic carbocycles. The number of nitrogens with one attached hydrogen (secondary N) is 1. The van der Waals surface area contributed by atoms with Gasteiger partial charge in [-0.3, -0.25) is 4.79 Å². The first-order chi connectivity index (χ1) is 19.2. The normalized spacial score (nSPS) is 16.8. The summed E-state index contributed by atoms with van der Waals surface area (Å²) < 4.78 is 7.24. The summed E-state index contributed by atoms with van der Waals surface area (Å²) in [6.45, 7) is 5.37. The Hall–Kier alpha value is -3.69. The third-order valence-electron chi connectivity index (χ3n) is 7.71. The lowest BCUT2D eigenvalue weighted by Gasteiger charge is -2.27. The van der Waals surface area contributed by atoms with Crippen molar-refractivity contribution in [1.82, 2.24) is 19.5 Å². The molecular weight excluding hydrogens is 508 g/mol. The average molecular weight is 549 g/mol. The van der Waals surface area contributed by atoms with Gasteiger partial charge in [0.05, 0.1) is 12.9 Å². The summed E-state index contributed by atoms with van der Waals surface area (Å²) in [5, 5.41) is 12.9. The number of carbonyl (C=O) groups excluding carboxylic acids is 1. The van der Waals surface area contributed by atoms with Crippen LogP contribution in [0.4, 0.5) is 16.6 Å². The van der Waals surface area contributed by atoms with Crippen LogP contribution in [0.25, 0.3) is 11.2 Å². The number of carboxylic acids is 1. The van der Waals surface area contributed by atoms with Crippen LogP contribution < -0.4 is 10.2 Å². The van der Waals surface area contributed by atoms with Gasteiger partial charge in [-0.15, -0.1) is 0 Å². The number of imidazole rings is 1. The lowest BCUT2D eigenvalue weighted by atomic mass is 9.84. The van der Waals surface area contributed by atoms with Gasteiger partial charge in [-0.2, -0.15) is 9.97 Å². The van der Waals surface area contributed by atoms with E-state index in [1.165, 1.54) is 53.5 Å². The van der Waals surface area contributed by atoms with E-state index in [-0.39, 0.29) is 25.1 Å². The zero-order chi connectivity index (χ0) is 28.3. The topological polar surface area (TPSA) is 122 Å². The van der Waals surface area contributed by atoms with E-state index in [9.17, 15) is 14.7 Å². The van der Waals surface area contributed by atoms with E-state index in [1.54, 1.807) is 0 Å². The Labute approximate surface area is 235 Å². The molecular formula is C30H40N6O4. The molecule has 40 heavy (non-hydrogen) atoms. The molecule has 2 N–H and O–H groups in total. The minimum Gasteiger partial charge on any atom is -0.480 e. The first kappa shape index (κ1) is 27.9. The second-order valence-electron chi connectivity index (χ2n) is 12.1. The molecule has 2 fully saturated rings. The van der Waals surface area contributed by atoms with E-state index >= 15 is 0 Å². The second kappa shape index (κ2) is 11.8. The molecule has 5 rings (SSSR count). The molecule has 2 aromatic heterocycles. The Kier molecular flexibility index (Phi) is 8.23. The fourth-order valence-corrected chi connectivity index (χ4v) is 5.73. The van der Waals surface area contributed by atoms with Crippen LogP contribution in [0, 0.1) is 0 Å². The molecule has 0 unspecified atom stereocenters. The number of hydrogen-bond donors (Lipinski definition) is 2. The largest absolute Gasteiger partial charge is 0.480 e. The molecule has 2 heterocycles. The molecule has 2 aliphatic carbocycles. The molecule has 0 spiro atoms. The molecule has 10 heteroatoms. The van der Waals surface area contributed by atoms with Crippen molar-refractivity contribution in [2.24, 2.45) is 0 Å². The number of anilines is 2. The summed E-state index contributed by atoms with van der Waals surface area (Å²) in [7, 11) is 0. The number of benzene rings is 1. The van der Waals surface area contributed by atoms with Crippen molar-refractivity contribution >= 4 is 35.0 Å². The van der Waals surface area contributed by atoms with Crippen LogP contribution >= 0.6 is 0 Å². The van der Waals surface area contributed by atoms with E-state index in [0.29, 0.717) is 22.9 Å². The summed E-state index contributed by atoms with van der Waals surface area (Å²) in [6, 6.07) is 8.69. The molecule has 0 aliphatic heterocycles. The first-order valence-corrected chi connectivity index (χ1v) is 14.5. The Bertz CT molecular complexity index is 1330. The van der Waals surface area contributed by atoms with Gasteiger partial charge in [0.1, 0.15) is 12.1 Å². The fraction of sp³-hybridized carbons (Fsp3) is 0.567. The second-order valence-corrected chi connectivity index (χ2v) is 12.1. The highest BCUT2D eigenvalue weighted by Gasteiger charge is 2.29. The molecule has 2 saturated carbocycles. The predicted molar refractivity (Wildman–Crippen MR) is 154 cm³/mol. The van der Waals surface area contributed by atoms with E-state index < -0.39 is 17.7 Å². The summed E-state index contributed by atoms with van der Waals surface area (Å²) in [5.74, 6) is 0.226. The Morgan fingerprint density at radius 3 is 2.35 bits per heavy atom. The third-order valence-corrected chi connectivity index (χ3v) is 7.71. The molecule has 214 valence electrons. The van der Waals surface area contributed by atoms with Gasteiger partial charge in [0.2, 0.25) is 5.95 Å². The Balaban J connectivity index is 1.51. The SMILES string of the molecule is CC(C)(C)OC(=O)N(Cc1ccc(C2CCCCC2)cc1)c1nc(NC2CCCC2)c2ncn(CC(=O)O)c2n1. The van der Waals surface area contributed by atoms with Crippen LogP contribution in [0.5, 0.6) is 0 Å². The standard InChI is InChI=1S/C30H40N6O4/c1-30(2,3)40-29(39)36(17-20-13-15-22(16-14-20)21-9-5-4-6-10-21)28-33-26(32-23-11-7-8-12-23)25-27(34-28)35(19-31-25)18-24(37)38/h13-16,19,21,23H,4-12,17-18H2,1-3H3,(H,37,38)(H,32,33,34). The molecule has 1 amide bonds. The van der Waals surface area contributed by atoms with Gasteiger partial charge in [0, 0.05) is 6.04 Å². The molecule has 0 bridgehead atoms. The van der Waals surface area contributed by atoms with Crippen molar-refractivity contribution in [3.05, 3.63) is 41.7 Å². The maximum Gasteiger partial charge on any atom is 0.417 e. The highest BCUT2D eigenvalue weighted by molar-refractivity contribution is 5.90. The van der Waals surface area contributed by atoms with Crippen molar-refractivity contribution in [3.8, 4) is 0 Å². The lowest BCUT2D eigenvalue weighted by Crippen LogP contribution is -2.37. The quantitative estimate of drug-likeness (QED) is 0.338. The van der Waals surface area contributed by atoms with E-state index in [1.807, 2.05) is 20.8 Å². The van der Waals surface area contributed by atoms with Crippen LogP contribution in [-0.4, -0.2) is 48.3 Å². The monoisotopic (exact) mass is 548 g/mol. The van der Waals surface area contributed by atoms with Gasteiger partial charge in [0.25, 0.3) is 0 Å². The zero-order valence-corrected chi connectivity index (χ0v) is 23.7. The van der Waals surface area contributed by atoms with Crippen molar-refractivity contribution in [2.45, 2.75) is 109 Å². The number of rotatable bonds is 8. The van der Waals surface area contributed by atoms with Crippen LogP contribution in [0.3, 0.4) is 0 Å². The third kappa shape index (κ3) is 6.71. The maximum absolute atomic E-state index is 13.6. The van der Waals surface area contributed by atoms with Gasteiger partial charge < -0.3 is 19.7 Å². The summed E-state index contributed by atoms with van der Waals surface area (Å²) in [6.07, 6.45) is 11.5. The van der Waals surface area contributed by atoms with Crippen molar-refractivity contribution in [3.63, 3.8) is 0 Å². The number of aromatic nitrogens is 4. The number of aliphatic carboxylic acids is 1. The molecule has 0 atom stereocenters. The van der Waals surface area contributed by atoms with E-state index in [0.717, 1.165) is 31.2 Å². The van der Waals surface area contributed by atoms with Gasteiger partial charge in [-0.05, 0) is 63.5 Å². The summed E-state index contributed by atoms with van der Waals surface area (Å²) in [5.41, 5.74) is 2.39. The van der Waals surface area contributed by atoms with Gasteiger partial charge >= 0.3 is 12.1 Å². The highest BCUT2D eigenvalue weighted by Crippen LogP contribution is 2.33. The smallest absolute Gasteiger partial charge is 0.417 e. The Morgan fingerprint density at radius 2 is 1.70 bits per heavy atom.